The van der Waals surface area contributed by atoms with Gasteiger partial charge in [0.05, 0.1) is 12.5 Å². The molecular formula is C19H21NO2. The van der Waals surface area contributed by atoms with Crippen molar-refractivity contribution in [2.45, 2.75) is 25.7 Å². The van der Waals surface area contributed by atoms with E-state index in [4.69, 9.17) is 4.74 Å². The molecule has 2 aromatic carbocycles. The van der Waals surface area contributed by atoms with Crippen molar-refractivity contribution in [1.82, 2.24) is 5.32 Å². The van der Waals surface area contributed by atoms with Crippen molar-refractivity contribution in [3.8, 4) is 5.75 Å². The van der Waals surface area contributed by atoms with Crippen LogP contribution in [0.3, 0.4) is 0 Å². The standard InChI is InChI=1S/C19H21NO2/c1-14(16-5-3-2-4-6-16)19(21)20-11-9-15-7-8-18-17(13-15)10-12-22-18/h2-8,13-14H,9-12H2,1H3,(H,20,21)/t14-/m0/s1. The average molecular weight is 295 g/mol. The van der Waals surface area contributed by atoms with Crippen LogP contribution in [0.15, 0.2) is 48.5 Å². The van der Waals surface area contributed by atoms with E-state index in [1.54, 1.807) is 0 Å². The first kappa shape index (κ1) is 14.6. The van der Waals surface area contributed by atoms with Gasteiger partial charge in [-0.25, -0.2) is 0 Å². The maximum absolute atomic E-state index is 12.2. The van der Waals surface area contributed by atoms with Gasteiger partial charge in [0, 0.05) is 13.0 Å². The molecule has 1 aliphatic rings. The van der Waals surface area contributed by atoms with Gasteiger partial charge in [-0.2, -0.15) is 0 Å². The predicted octanol–water partition coefficient (Wildman–Crippen LogP) is 3.08. The highest BCUT2D eigenvalue weighted by atomic mass is 16.5. The highest BCUT2D eigenvalue weighted by Gasteiger charge is 2.15. The number of rotatable bonds is 5. The fourth-order valence-electron chi connectivity index (χ4n) is 2.77. The first-order chi connectivity index (χ1) is 10.7. The molecule has 0 radical (unpaired) electrons. The maximum Gasteiger partial charge on any atom is 0.227 e. The summed E-state index contributed by atoms with van der Waals surface area (Å²) in [5, 5.41) is 3.03. The lowest BCUT2D eigenvalue weighted by Crippen LogP contribution is -2.29. The molecule has 3 heteroatoms. The van der Waals surface area contributed by atoms with Crippen LogP contribution in [-0.4, -0.2) is 19.1 Å². The van der Waals surface area contributed by atoms with Gasteiger partial charge < -0.3 is 10.1 Å². The molecule has 0 unspecified atom stereocenters. The molecule has 1 heterocycles. The van der Waals surface area contributed by atoms with E-state index in [0.29, 0.717) is 6.54 Å². The molecule has 1 amide bonds. The molecule has 0 aromatic heterocycles. The quantitative estimate of drug-likeness (QED) is 0.920. The van der Waals surface area contributed by atoms with E-state index in [-0.39, 0.29) is 11.8 Å². The minimum atomic E-state index is -0.116. The molecule has 3 nitrogen and oxygen atoms in total. The second-order valence-corrected chi connectivity index (χ2v) is 5.71. The van der Waals surface area contributed by atoms with Crippen LogP contribution in [-0.2, 0) is 17.6 Å². The van der Waals surface area contributed by atoms with E-state index >= 15 is 0 Å². The molecule has 22 heavy (non-hydrogen) atoms. The Kier molecular flexibility index (Phi) is 4.42. The van der Waals surface area contributed by atoms with E-state index in [1.165, 1.54) is 11.1 Å². The summed E-state index contributed by atoms with van der Waals surface area (Å²) in [4.78, 5) is 12.2. The third kappa shape index (κ3) is 3.30. The summed E-state index contributed by atoms with van der Waals surface area (Å²) >= 11 is 0. The molecule has 114 valence electrons. The molecule has 1 aliphatic heterocycles. The Labute approximate surface area is 131 Å². The van der Waals surface area contributed by atoms with Crippen LogP contribution in [0.4, 0.5) is 0 Å². The highest BCUT2D eigenvalue weighted by molar-refractivity contribution is 5.83. The minimum Gasteiger partial charge on any atom is -0.493 e. The van der Waals surface area contributed by atoms with Crippen molar-refractivity contribution in [1.29, 1.82) is 0 Å². The van der Waals surface area contributed by atoms with Crippen molar-refractivity contribution < 1.29 is 9.53 Å². The molecule has 0 saturated carbocycles. The van der Waals surface area contributed by atoms with Gasteiger partial charge in [-0.05, 0) is 36.1 Å². The number of benzene rings is 2. The largest absolute Gasteiger partial charge is 0.493 e. The molecule has 1 N–H and O–H groups in total. The normalized spacial score (nSPS) is 14.0. The number of fused-ring (bicyclic) bond motifs is 1. The van der Waals surface area contributed by atoms with Crippen LogP contribution in [0.25, 0.3) is 0 Å². The van der Waals surface area contributed by atoms with E-state index in [2.05, 4.69) is 17.4 Å². The van der Waals surface area contributed by atoms with Gasteiger partial charge in [-0.15, -0.1) is 0 Å². The fraction of sp³-hybridized carbons (Fsp3) is 0.316. The van der Waals surface area contributed by atoms with E-state index < -0.39 is 0 Å². The Morgan fingerprint density at radius 1 is 1.23 bits per heavy atom. The lowest BCUT2D eigenvalue weighted by molar-refractivity contribution is -0.122. The minimum absolute atomic E-state index is 0.0793. The SMILES string of the molecule is C[C@H](C(=O)NCCc1ccc2c(c1)CCO2)c1ccccc1. The van der Waals surface area contributed by atoms with Gasteiger partial charge in [-0.1, -0.05) is 42.5 Å². The average Bonchev–Trinajstić information content (AvgIpc) is 3.02. The summed E-state index contributed by atoms with van der Waals surface area (Å²) in [5.74, 6) is 0.968. The number of carbonyl (C=O) groups is 1. The summed E-state index contributed by atoms with van der Waals surface area (Å²) in [5.41, 5.74) is 3.58. The van der Waals surface area contributed by atoms with E-state index in [1.807, 2.05) is 43.3 Å². The molecule has 0 fully saturated rings. The summed E-state index contributed by atoms with van der Waals surface area (Å²) in [6.07, 6.45) is 1.83. The molecule has 0 spiro atoms. The van der Waals surface area contributed by atoms with E-state index in [0.717, 1.165) is 30.8 Å². The molecular weight excluding hydrogens is 274 g/mol. The Morgan fingerprint density at radius 2 is 2.05 bits per heavy atom. The number of ether oxygens (including phenoxy) is 1. The number of hydrogen-bond donors (Lipinski definition) is 1. The van der Waals surface area contributed by atoms with Crippen molar-refractivity contribution in [3.05, 3.63) is 65.2 Å². The Hall–Kier alpha value is -2.29. The zero-order valence-electron chi connectivity index (χ0n) is 12.8. The van der Waals surface area contributed by atoms with Gasteiger partial charge in [0.1, 0.15) is 5.75 Å². The predicted molar refractivity (Wildman–Crippen MR) is 87.2 cm³/mol. The number of nitrogens with one attached hydrogen (secondary N) is 1. The molecule has 1 atom stereocenters. The van der Waals surface area contributed by atoms with Crippen LogP contribution in [0.1, 0.15) is 29.5 Å². The monoisotopic (exact) mass is 295 g/mol. The zero-order valence-corrected chi connectivity index (χ0v) is 12.8. The molecule has 3 rings (SSSR count). The maximum atomic E-state index is 12.2. The number of amides is 1. The van der Waals surface area contributed by atoms with Crippen molar-refractivity contribution in [3.63, 3.8) is 0 Å². The lowest BCUT2D eigenvalue weighted by Gasteiger charge is -2.12. The van der Waals surface area contributed by atoms with Crippen molar-refractivity contribution in [2.75, 3.05) is 13.2 Å². The second kappa shape index (κ2) is 6.65. The Morgan fingerprint density at radius 3 is 2.86 bits per heavy atom. The number of carbonyl (C=O) groups excluding carboxylic acids is 1. The van der Waals surface area contributed by atoms with Crippen LogP contribution in [0.2, 0.25) is 0 Å². The van der Waals surface area contributed by atoms with Gasteiger partial charge in [-0.3, -0.25) is 4.79 Å². The Balaban J connectivity index is 1.51. The van der Waals surface area contributed by atoms with Gasteiger partial charge in [0.2, 0.25) is 5.91 Å². The zero-order chi connectivity index (χ0) is 15.4. The third-order valence-electron chi connectivity index (χ3n) is 4.16. The van der Waals surface area contributed by atoms with Crippen molar-refractivity contribution >= 4 is 5.91 Å². The highest BCUT2D eigenvalue weighted by Crippen LogP contribution is 2.25. The van der Waals surface area contributed by atoms with E-state index in [9.17, 15) is 4.79 Å². The smallest absolute Gasteiger partial charge is 0.227 e. The molecule has 2 aromatic rings. The van der Waals surface area contributed by atoms with Crippen LogP contribution < -0.4 is 10.1 Å². The summed E-state index contributed by atoms with van der Waals surface area (Å²) < 4.78 is 5.51. The molecule has 0 aliphatic carbocycles. The number of hydrogen-bond acceptors (Lipinski definition) is 2. The van der Waals surface area contributed by atoms with Crippen LogP contribution in [0, 0.1) is 0 Å². The van der Waals surface area contributed by atoms with Crippen LogP contribution in [0.5, 0.6) is 5.75 Å². The molecule has 0 bridgehead atoms. The lowest BCUT2D eigenvalue weighted by atomic mass is 10.0. The summed E-state index contributed by atoms with van der Waals surface area (Å²) in [7, 11) is 0. The third-order valence-corrected chi connectivity index (χ3v) is 4.16. The summed E-state index contributed by atoms with van der Waals surface area (Å²) in [6.45, 7) is 3.39. The first-order valence-electron chi connectivity index (χ1n) is 7.81. The molecule has 0 saturated heterocycles. The topological polar surface area (TPSA) is 38.3 Å². The van der Waals surface area contributed by atoms with Gasteiger partial charge >= 0.3 is 0 Å². The van der Waals surface area contributed by atoms with Gasteiger partial charge in [0.25, 0.3) is 0 Å². The first-order valence-corrected chi connectivity index (χ1v) is 7.81. The fourth-order valence-corrected chi connectivity index (χ4v) is 2.77. The Bertz CT molecular complexity index is 652. The van der Waals surface area contributed by atoms with Crippen LogP contribution >= 0.6 is 0 Å². The second-order valence-electron chi connectivity index (χ2n) is 5.71. The summed E-state index contributed by atoms with van der Waals surface area (Å²) in [6, 6.07) is 16.2. The van der Waals surface area contributed by atoms with Crippen molar-refractivity contribution in [2.24, 2.45) is 0 Å². The van der Waals surface area contributed by atoms with Gasteiger partial charge in [0.15, 0.2) is 0 Å².